The molecule has 2 N–H and O–H groups in total. The number of Topliss-reactive ketones (excluding diaryl/α,β-unsaturated/α-hetero) is 1. The Morgan fingerprint density at radius 2 is 1.87 bits per heavy atom. The lowest BCUT2D eigenvalue weighted by molar-refractivity contribution is -0.119. The molecule has 1 aromatic rings. The Labute approximate surface area is 91.5 Å². The van der Waals surface area contributed by atoms with Gasteiger partial charge in [0.15, 0.2) is 0 Å². The molecule has 1 unspecified atom stereocenters. The molecule has 1 rings (SSSR count). The maximum atomic E-state index is 11.4. The molecule has 0 saturated heterocycles. The van der Waals surface area contributed by atoms with Crippen LogP contribution in [0, 0.1) is 13.8 Å². The average Bonchev–Trinajstić information content (AvgIpc) is 2.22. The lowest BCUT2D eigenvalue weighted by Crippen LogP contribution is -2.32. The van der Waals surface area contributed by atoms with E-state index >= 15 is 0 Å². The van der Waals surface area contributed by atoms with E-state index in [4.69, 9.17) is 5.73 Å². The highest BCUT2D eigenvalue weighted by Crippen LogP contribution is 2.15. The third-order valence-electron chi connectivity index (χ3n) is 2.83. The molecule has 0 aromatic heterocycles. The van der Waals surface area contributed by atoms with Gasteiger partial charge in [-0.25, -0.2) is 0 Å². The number of benzene rings is 1. The predicted molar refractivity (Wildman–Crippen MR) is 62.9 cm³/mol. The van der Waals surface area contributed by atoms with Crippen molar-refractivity contribution in [3.05, 3.63) is 34.9 Å². The largest absolute Gasteiger partial charge is 0.321 e. The number of ketones is 1. The van der Waals surface area contributed by atoms with Crippen molar-refractivity contribution in [3.8, 4) is 0 Å². The van der Waals surface area contributed by atoms with Gasteiger partial charge in [-0.3, -0.25) is 4.79 Å². The Morgan fingerprint density at radius 3 is 2.33 bits per heavy atom. The van der Waals surface area contributed by atoms with Crippen molar-refractivity contribution >= 4 is 5.78 Å². The predicted octanol–water partition coefficient (Wildman–Crippen LogP) is 2.15. The average molecular weight is 205 g/mol. The summed E-state index contributed by atoms with van der Waals surface area (Å²) in [6, 6.07) is 5.80. The number of aryl methyl sites for hydroxylation is 2. The van der Waals surface area contributed by atoms with E-state index in [0.717, 1.165) is 0 Å². The Morgan fingerprint density at radius 1 is 1.33 bits per heavy atom. The first-order valence-corrected chi connectivity index (χ1v) is 5.39. The molecule has 0 radical (unpaired) electrons. The fraction of sp³-hybridized carbons (Fsp3) is 0.462. The van der Waals surface area contributed by atoms with Crippen LogP contribution in [0.3, 0.4) is 0 Å². The van der Waals surface area contributed by atoms with Crippen LogP contribution in [0.4, 0.5) is 0 Å². The summed E-state index contributed by atoms with van der Waals surface area (Å²) < 4.78 is 0. The molecule has 0 aliphatic carbocycles. The first kappa shape index (κ1) is 11.9. The Balaban J connectivity index is 2.85. The third kappa shape index (κ3) is 2.90. The zero-order valence-corrected chi connectivity index (χ0v) is 9.71. The number of hydrogen-bond donors (Lipinski definition) is 1. The molecule has 0 bridgehead atoms. The van der Waals surface area contributed by atoms with E-state index in [9.17, 15) is 4.79 Å². The monoisotopic (exact) mass is 205 g/mol. The van der Waals surface area contributed by atoms with E-state index in [-0.39, 0.29) is 11.8 Å². The molecule has 1 atom stereocenters. The number of nitrogens with two attached hydrogens (primary N) is 1. The first-order valence-electron chi connectivity index (χ1n) is 5.39. The molecule has 0 saturated carbocycles. The molecule has 0 amide bonds. The Hall–Kier alpha value is -1.15. The van der Waals surface area contributed by atoms with Gasteiger partial charge in [0.1, 0.15) is 5.78 Å². The van der Waals surface area contributed by atoms with Gasteiger partial charge in [0.25, 0.3) is 0 Å². The van der Waals surface area contributed by atoms with Gasteiger partial charge in [-0.2, -0.15) is 0 Å². The van der Waals surface area contributed by atoms with Crippen LogP contribution in [-0.2, 0) is 11.2 Å². The summed E-state index contributed by atoms with van der Waals surface area (Å²) >= 11 is 0. The highest BCUT2D eigenvalue weighted by molar-refractivity contribution is 5.83. The van der Waals surface area contributed by atoms with Crippen molar-refractivity contribution in [1.29, 1.82) is 0 Å². The highest BCUT2D eigenvalue weighted by Gasteiger charge is 2.14. The molecule has 0 spiro atoms. The quantitative estimate of drug-likeness (QED) is 0.818. The van der Waals surface area contributed by atoms with Gasteiger partial charge in [-0.15, -0.1) is 0 Å². The van der Waals surface area contributed by atoms with E-state index in [1.165, 1.54) is 16.7 Å². The van der Waals surface area contributed by atoms with Crippen LogP contribution >= 0.6 is 0 Å². The van der Waals surface area contributed by atoms with Crippen LogP contribution in [0.1, 0.15) is 30.0 Å². The fourth-order valence-electron chi connectivity index (χ4n) is 1.77. The second-order valence-electron chi connectivity index (χ2n) is 4.00. The van der Waals surface area contributed by atoms with E-state index in [1.54, 1.807) is 0 Å². The van der Waals surface area contributed by atoms with E-state index in [2.05, 4.69) is 26.0 Å². The first-order chi connectivity index (χ1) is 7.06. The van der Waals surface area contributed by atoms with Crippen LogP contribution in [-0.4, -0.2) is 11.8 Å². The molecule has 0 heterocycles. The molecule has 0 aliphatic rings. The fourth-order valence-corrected chi connectivity index (χ4v) is 1.77. The number of carbonyl (C=O) groups is 1. The van der Waals surface area contributed by atoms with Gasteiger partial charge in [0.2, 0.25) is 0 Å². The van der Waals surface area contributed by atoms with E-state index < -0.39 is 0 Å². The highest BCUT2D eigenvalue weighted by atomic mass is 16.1. The number of carbonyl (C=O) groups excluding carboxylic acids is 1. The molecule has 0 aliphatic heterocycles. The molecular formula is C13H19NO. The summed E-state index contributed by atoms with van der Waals surface area (Å²) in [6.07, 6.45) is 1.18. The lowest BCUT2D eigenvalue weighted by atomic mass is 9.94. The van der Waals surface area contributed by atoms with Gasteiger partial charge in [0.05, 0.1) is 6.04 Å². The summed E-state index contributed by atoms with van der Waals surface area (Å²) in [6.45, 7) is 5.98. The van der Waals surface area contributed by atoms with Crippen LogP contribution < -0.4 is 5.73 Å². The van der Waals surface area contributed by atoms with E-state index in [1.807, 2.05) is 13.0 Å². The van der Waals surface area contributed by atoms with Crippen LogP contribution in [0.2, 0.25) is 0 Å². The van der Waals surface area contributed by atoms with Crippen LogP contribution in [0.25, 0.3) is 0 Å². The summed E-state index contributed by atoms with van der Waals surface area (Å²) in [4.78, 5) is 11.4. The number of rotatable bonds is 4. The van der Waals surface area contributed by atoms with Crippen molar-refractivity contribution in [3.63, 3.8) is 0 Å². The minimum absolute atomic E-state index is 0.137. The van der Waals surface area contributed by atoms with Gasteiger partial charge < -0.3 is 5.73 Å². The summed E-state index contributed by atoms with van der Waals surface area (Å²) in [5.41, 5.74) is 9.50. The second-order valence-corrected chi connectivity index (χ2v) is 4.00. The van der Waals surface area contributed by atoms with Gasteiger partial charge in [-0.05, 0) is 37.0 Å². The Bertz CT molecular complexity index is 337. The van der Waals surface area contributed by atoms with Crippen molar-refractivity contribution < 1.29 is 4.79 Å². The van der Waals surface area contributed by atoms with Crippen LogP contribution in [0.5, 0.6) is 0 Å². The minimum atomic E-state index is -0.352. The second kappa shape index (κ2) is 5.08. The molecule has 82 valence electrons. The molecule has 1 aromatic carbocycles. The zero-order valence-electron chi connectivity index (χ0n) is 9.71. The molecular weight excluding hydrogens is 186 g/mol. The smallest absolute Gasteiger partial charge is 0.149 e. The van der Waals surface area contributed by atoms with Crippen molar-refractivity contribution in [2.24, 2.45) is 5.73 Å². The summed E-state index contributed by atoms with van der Waals surface area (Å²) in [5.74, 6) is 0.137. The standard InChI is InChI=1S/C13H19NO/c1-4-13(15)12(14)8-11-9(2)6-5-7-10(11)3/h5-7,12H,4,8,14H2,1-3H3. The van der Waals surface area contributed by atoms with Gasteiger partial charge >= 0.3 is 0 Å². The maximum Gasteiger partial charge on any atom is 0.149 e. The molecule has 0 fully saturated rings. The third-order valence-corrected chi connectivity index (χ3v) is 2.83. The topological polar surface area (TPSA) is 43.1 Å². The molecule has 2 heteroatoms. The van der Waals surface area contributed by atoms with Crippen LogP contribution in [0.15, 0.2) is 18.2 Å². The number of hydrogen-bond acceptors (Lipinski definition) is 2. The van der Waals surface area contributed by atoms with Gasteiger partial charge in [-0.1, -0.05) is 25.1 Å². The molecule has 15 heavy (non-hydrogen) atoms. The van der Waals surface area contributed by atoms with Crippen molar-refractivity contribution in [2.45, 2.75) is 39.7 Å². The molecule has 2 nitrogen and oxygen atoms in total. The van der Waals surface area contributed by atoms with E-state index in [0.29, 0.717) is 12.8 Å². The van der Waals surface area contributed by atoms with Crippen molar-refractivity contribution in [1.82, 2.24) is 0 Å². The zero-order chi connectivity index (χ0) is 11.4. The van der Waals surface area contributed by atoms with Gasteiger partial charge in [0, 0.05) is 6.42 Å². The van der Waals surface area contributed by atoms with Crippen molar-refractivity contribution in [2.75, 3.05) is 0 Å². The summed E-state index contributed by atoms with van der Waals surface area (Å²) in [7, 11) is 0. The Kier molecular flexibility index (Phi) is 4.04. The summed E-state index contributed by atoms with van der Waals surface area (Å²) in [5, 5.41) is 0. The SMILES string of the molecule is CCC(=O)C(N)Cc1c(C)cccc1C. The maximum absolute atomic E-state index is 11.4. The minimum Gasteiger partial charge on any atom is -0.321 e. The lowest BCUT2D eigenvalue weighted by Gasteiger charge is -2.13. The normalized spacial score (nSPS) is 12.5.